The Labute approximate surface area is 206 Å². The first-order valence-electron chi connectivity index (χ1n) is 9.79. The molecule has 0 saturated heterocycles. The molecular formula is C25H16FIN2OS2. The molecule has 3 nitrogen and oxygen atoms in total. The summed E-state index contributed by atoms with van der Waals surface area (Å²) >= 11 is 5.48. The van der Waals surface area contributed by atoms with Gasteiger partial charge in [-0.15, -0.1) is 11.3 Å². The minimum Gasteiger partial charge on any atom is -0.507 e. The SMILES string of the molecule is Oc1ccc(I)cc1C=Nc1ccc2nc(SCc3ccc(F)c4ccccc34)sc2c1. The van der Waals surface area contributed by atoms with Crippen LogP contribution in [0.1, 0.15) is 11.1 Å². The molecule has 1 aromatic heterocycles. The van der Waals surface area contributed by atoms with Crippen molar-refractivity contribution in [1.29, 1.82) is 0 Å². The van der Waals surface area contributed by atoms with Crippen molar-refractivity contribution >= 4 is 78.6 Å². The van der Waals surface area contributed by atoms with Crippen molar-refractivity contribution in [3.05, 3.63) is 93.3 Å². The molecule has 0 amide bonds. The Hall–Kier alpha value is -2.49. The van der Waals surface area contributed by atoms with Gasteiger partial charge in [0.05, 0.1) is 15.9 Å². The van der Waals surface area contributed by atoms with Gasteiger partial charge in [-0.05, 0) is 76.0 Å². The molecule has 7 heteroatoms. The maximum atomic E-state index is 14.1. The van der Waals surface area contributed by atoms with Crippen molar-refractivity contribution in [3.8, 4) is 5.75 Å². The van der Waals surface area contributed by atoms with Gasteiger partial charge in [0.2, 0.25) is 0 Å². The minimum absolute atomic E-state index is 0.194. The molecule has 0 saturated carbocycles. The maximum absolute atomic E-state index is 14.1. The predicted octanol–water partition coefficient (Wildman–Crippen LogP) is 7.94. The number of aromatic hydroxyl groups is 1. The first-order valence-corrected chi connectivity index (χ1v) is 12.7. The standard InChI is InChI=1S/C25H16FIN2OS2/c26-21-8-5-15(19-3-1-2-4-20(19)21)14-31-25-29-22-9-7-18(12-24(22)32-25)28-13-16-11-17(27)6-10-23(16)30/h1-13,30H,14H2. The van der Waals surface area contributed by atoms with Gasteiger partial charge in [0.25, 0.3) is 0 Å². The second-order valence-corrected chi connectivity index (χ2v) is 10.6. The van der Waals surface area contributed by atoms with Crippen molar-refractivity contribution in [3.63, 3.8) is 0 Å². The molecule has 0 aliphatic heterocycles. The smallest absolute Gasteiger partial charge is 0.151 e. The molecule has 0 bridgehead atoms. The van der Waals surface area contributed by atoms with E-state index in [2.05, 4.69) is 27.6 Å². The monoisotopic (exact) mass is 570 g/mol. The van der Waals surface area contributed by atoms with E-state index >= 15 is 0 Å². The number of thiazole rings is 1. The van der Waals surface area contributed by atoms with Crippen LogP contribution in [0, 0.1) is 9.39 Å². The highest BCUT2D eigenvalue weighted by atomic mass is 127. The third-order valence-corrected chi connectivity index (χ3v) is 7.89. The third-order valence-electron chi connectivity index (χ3n) is 5.01. The van der Waals surface area contributed by atoms with Gasteiger partial charge in [0.15, 0.2) is 4.34 Å². The number of benzene rings is 4. The number of aliphatic imine (C=N–C) groups is 1. The minimum atomic E-state index is -0.194. The molecule has 4 aromatic carbocycles. The molecule has 158 valence electrons. The molecule has 0 aliphatic rings. The highest BCUT2D eigenvalue weighted by Crippen LogP contribution is 2.35. The Kier molecular flexibility index (Phi) is 6.12. The van der Waals surface area contributed by atoms with Gasteiger partial charge < -0.3 is 5.11 Å². The number of hydrogen-bond donors (Lipinski definition) is 1. The molecule has 0 aliphatic carbocycles. The number of aromatic nitrogens is 1. The fourth-order valence-corrected chi connectivity index (χ4v) is 6.02. The summed E-state index contributed by atoms with van der Waals surface area (Å²) in [6, 6.07) is 22.3. The summed E-state index contributed by atoms with van der Waals surface area (Å²) in [5, 5.41) is 11.6. The Morgan fingerprint density at radius 2 is 1.88 bits per heavy atom. The number of hydrogen-bond acceptors (Lipinski definition) is 5. The summed E-state index contributed by atoms with van der Waals surface area (Å²) < 4.78 is 17.1. The fourth-order valence-electron chi connectivity index (χ4n) is 3.40. The average Bonchev–Trinajstić information content (AvgIpc) is 3.21. The summed E-state index contributed by atoms with van der Waals surface area (Å²) in [6.45, 7) is 0. The van der Waals surface area contributed by atoms with E-state index in [1.165, 1.54) is 6.07 Å². The maximum Gasteiger partial charge on any atom is 0.151 e. The van der Waals surface area contributed by atoms with Crippen LogP contribution in [0.2, 0.25) is 0 Å². The normalized spacial score (nSPS) is 11.7. The van der Waals surface area contributed by atoms with Gasteiger partial charge in [0, 0.05) is 26.5 Å². The highest BCUT2D eigenvalue weighted by molar-refractivity contribution is 14.1. The van der Waals surface area contributed by atoms with Crippen molar-refractivity contribution in [2.75, 3.05) is 0 Å². The van der Waals surface area contributed by atoms with Crippen molar-refractivity contribution in [2.45, 2.75) is 10.1 Å². The number of halogens is 2. The summed E-state index contributed by atoms with van der Waals surface area (Å²) in [4.78, 5) is 9.25. The quantitative estimate of drug-likeness (QED) is 0.133. The second kappa shape index (κ2) is 9.17. The van der Waals surface area contributed by atoms with Crippen molar-refractivity contribution in [1.82, 2.24) is 4.98 Å². The lowest BCUT2D eigenvalue weighted by molar-refractivity contribution is 0.474. The van der Waals surface area contributed by atoms with Crippen molar-refractivity contribution < 1.29 is 9.50 Å². The Bertz CT molecular complexity index is 1480. The van der Waals surface area contributed by atoms with Crippen LogP contribution in [0.4, 0.5) is 10.1 Å². The zero-order valence-corrected chi connectivity index (χ0v) is 20.4. The van der Waals surface area contributed by atoms with Gasteiger partial charge in [0.1, 0.15) is 11.6 Å². The molecule has 0 spiro atoms. The third kappa shape index (κ3) is 4.51. The predicted molar refractivity (Wildman–Crippen MR) is 141 cm³/mol. The van der Waals surface area contributed by atoms with Gasteiger partial charge >= 0.3 is 0 Å². The van der Waals surface area contributed by atoms with Gasteiger partial charge in [-0.25, -0.2) is 9.37 Å². The van der Waals surface area contributed by atoms with Gasteiger partial charge in [-0.3, -0.25) is 4.99 Å². The molecule has 1 N–H and O–H groups in total. The summed E-state index contributed by atoms with van der Waals surface area (Å²) in [6.07, 6.45) is 1.68. The van der Waals surface area contributed by atoms with E-state index in [0.29, 0.717) is 10.9 Å². The summed E-state index contributed by atoms with van der Waals surface area (Å²) in [7, 11) is 0. The molecule has 0 radical (unpaired) electrons. The number of thioether (sulfide) groups is 1. The van der Waals surface area contributed by atoms with Crippen LogP contribution in [0.3, 0.4) is 0 Å². The van der Waals surface area contributed by atoms with E-state index in [-0.39, 0.29) is 11.6 Å². The van der Waals surface area contributed by atoms with E-state index in [4.69, 9.17) is 4.98 Å². The average molecular weight is 570 g/mol. The number of fused-ring (bicyclic) bond motifs is 2. The van der Waals surface area contributed by atoms with Crippen LogP contribution in [0.25, 0.3) is 21.0 Å². The summed E-state index contributed by atoms with van der Waals surface area (Å²) in [5.41, 5.74) is 3.51. The number of phenolic OH excluding ortho intramolecular Hbond substituents is 1. The lowest BCUT2D eigenvalue weighted by Gasteiger charge is -2.06. The second-order valence-electron chi connectivity index (χ2n) is 7.13. The Morgan fingerprint density at radius 3 is 2.75 bits per heavy atom. The summed E-state index contributed by atoms with van der Waals surface area (Å²) in [5.74, 6) is 0.735. The number of rotatable bonds is 5. The van der Waals surface area contributed by atoms with Crippen LogP contribution in [0.15, 0.2) is 82.1 Å². The van der Waals surface area contributed by atoms with Gasteiger partial charge in [-0.1, -0.05) is 42.1 Å². The van der Waals surface area contributed by atoms with Crippen LogP contribution in [-0.4, -0.2) is 16.3 Å². The molecule has 5 aromatic rings. The lowest BCUT2D eigenvalue weighted by Crippen LogP contribution is -1.87. The topological polar surface area (TPSA) is 45.5 Å². The first kappa shape index (κ1) is 21.4. The Morgan fingerprint density at radius 1 is 1.03 bits per heavy atom. The molecule has 0 fully saturated rings. The van der Waals surface area contributed by atoms with Gasteiger partial charge in [-0.2, -0.15) is 0 Å². The van der Waals surface area contributed by atoms with E-state index in [9.17, 15) is 9.50 Å². The molecule has 1 heterocycles. The zero-order valence-electron chi connectivity index (χ0n) is 16.6. The van der Waals surface area contributed by atoms with E-state index in [1.54, 1.807) is 35.4 Å². The molecule has 5 rings (SSSR count). The Balaban J connectivity index is 1.36. The van der Waals surface area contributed by atoms with Crippen molar-refractivity contribution in [2.24, 2.45) is 4.99 Å². The van der Waals surface area contributed by atoms with Crippen LogP contribution in [0.5, 0.6) is 5.75 Å². The lowest BCUT2D eigenvalue weighted by atomic mass is 10.1. The zero-order chi connectivity index (χ0) is 22.1. The van der Waals surface area contributed by atoms with Crippen LogP contribution in [-0.2, 0) is 5.75 Å². The van der Waals surface area contributed by atoms with E-state index in [0.717, 1.165) is 40.5 Å². The first-order chi connectivity index (χ1) is 15.6. The van der Waals surface area contributed by atoms with Crippen LogP contribution >= 0.6 is 45.7 Å². The van der Waals surface area contributed by atoms with Crippen LogP contribution < -0.4 is 0 Å². The largest absolute Gasteiger partial charge is 0.507 e. The molecule has 32 heavy (non-hydrogen) atoms. The highest BCUT2D eigenvalue weighted by Gasteiger charge is 2.09. The van der Waals surface area contributed by atoms with E-state index < -0.39 is 0 Å². The molecule has 0 unspecified atom stereocenters. The fraction of sp³-hybridized carbons (Fsp3) is 0.0400. The van der Waals surface area contributed by atoms with E-state index in [1.807, 2.05) is 60.7 Å². The molecular weight excluding hydrogens is 554 g/mol. The number of nitrogens with zero attached hydrogens (tertiary/aromatic N) is 2. The molecule has 0 atom stereocenters. The number of phenols is 1.